The summed E-state index contributed by atoms with van der Waals surface area (Å²) in [6.07, 6.45) is 4.61. The van der Waals surface area contributed by atoms with E-state index in [9.17, 15) is 4.79 Å². The number of hydrogen-bond acceptors (Lipinski definition) is 3. The summed E-state index contributed by atoms with van der Waals surface area (Å²) < 4.78 is 0. The van der Waals surface area contributed by atoms with Crippen LogP contribution in [0.5, 0.6) is 0 Å². The second-order valence-corrected chi connectivity index (χ2v) is 7.99. The zero-order valence-electron chi connectivity index (χ0n) is 15.9. The van der Waals surface area contributed by atoms with Crippen LogP contribution in [0.2, 0.25) is 0 Å². The number of rotatable bonds is 3. The number of hydrogen-bond donors (Lipinski definition) is 3. The van der Waals surface area contributed by atoms with Crippen molar-refractivity contribution in [3.63, 3.8) is 0 Å². The monoisotopic (exact) mass is 354 g/mol. The lowest BCUT2D eigenvalue weighted by atomic mass is 9.98. The highest BCUT2D eigenvalue weighted by atomic mass is 16.1. The number of amides is 1. The van der Waals surface area contributed by atoms with Gasteiger partial charge in [0, 0.05) is 36.1 Å². The molecule has 1 aromatic carbocycles. The van der Waals surface area contributed by atoms with Crippen molar-refractivity contribution in [1.29, 1.82) is 0 Å². The molecule has 2 fully saturated rings. The molecule has 140 valence electrons. The molecule has 0 atom stereocenters. The van der Waals surface area contributed by atoms with Gasteiger partial charge in [-0.3, -0.25) is 4.79 Å². The van der Waals surface area contributed by atoms with Crippen molar-refractivity contribution in [3.8, 4) is 0 Å². The third-order valence-corrected chi connectivity index (χ3v) is 6.02. The van der Waals surface area contributed by atoms with E-state index in [4.69, 9.17) is 0 Å². The number of H-pyrrole nitrogens is 1. The topological polar surface area (TPSA) is 60.2 Å². The van der Waals surface area contributed by atoms with Gasteiger partial charge < -0.3 is 20.5 Å². The summed E-state index contributed by atoms with van der Waals surface area (Å²) >= 11 is 0. The Morgan fingerprint density at radius 1 is 1.08 bits per heavy atom. The lowest BCUT2D eigenvalue weighted by Crippen LogP contribution is -2.50. The molecular weight excluding hydrogens is 324 g/mol. The van der Waals surface area contributed by atoms with Crippen LogP contribution < -0.4 is 10.6 Å². The Morgan fingerprint density at radius 2 is 1.81 bits per heavy atom. The van der Waals surface area contributed by atoms with E-state index in [2.05, 4.69) is 46.5 Å². The Hall–Kier alpha value is -1.85. The minimum absolute atomic E-state index is 0.0265. The fraction of sp³-hybridized carbons (Fsp3) is 0.571. The highest BCUT2D eigenvalue weighted by Crippen LogP contribution is 2.22. The standard InChI is InChI=1S/C21H30N4O/c1-14-11-15(2)18-13-20(24-19(18)12-14)21(26)23-16-5-9-25(10-6-16)17-3-7-22-8-4-17/h11-13,16-17,22,24H,3-10H2,1-2H3,(H,23,26). The van der Waals surface area contributed by atoms with Gasteiger partial charge in [0.1, 0.15) is 5.69 Å². The number of fused-ring (bicyclic) bond motifs is 1. The summed E-state index contributed by atoms with van der Waals surface area (Å²) in [5.41, 5.74) is 4.16. The van der Waals surface area contributed by atoms with E-state index in [-0.39, 0.29) is 11.9 Å². The first-order valence-electron chi connectivity index (χ1n) is 9.96. The van der Waals surface area contributed by atoms with Crippen LogP contribution in [0.15, 0.2) is 18.2 Å². The molecule has 0 unspecified atom stereocenters. The van der Waals surface area contributed by atoms with Gasteiger partial charge in [0.2, 0.25) is 0 Å². The summed E-state index contributed by atoms with van der Waals surface area (Å²) in [5.74, 6) is 0.0265. The lowest BCUT2D eigenvalue weighted by Gasteiger charge is -2.39. The molecule has 1 aromatic heterocycles. The third kappa shape index (κ3) is 3.64. The van der Waals surface area contributed by atoms with Gasteiger partial charge in [0.25, 0.3) is 5.91 Å². The third-order valence-electron chi connectivity index (χ3n) is 6.02. The molecule has 3 heterocycles. The van der Waals surface area contributed by atoms with Crippen LogP contribution in [0.1, 0.15) is 47.3 Å². The molecule has 3 N–H and O–H groups in total. The molecule has 5 heteroatoms. The van der Waals surface area contributed by atoms with Gasteiger partial charge in [-0.05, 0) is 75.9 Å². The molecule has 2 aromatic rings. The molecule has 2 aliphatic rings. The summed E-state index contributed by atoms with van der Waals surface area (Å²) in [6, 6.07) is 7.27. The average molecular weight is 354 g/mol. The van der Waals surface area contributed by atoms with Crippen LogP contribution in [-0.2, 0) is 0 Å². The van der Waals surface area contributed by atoms with Crippen LogP contribution in [0.4, 0.5) is 0 Å². The van der Waals surface area contributed by atoms with Gasteiger partial charge in [0.15, 0.2) is 0 Å². The number of carbonyl (C=O) groups is 1. The number of benzene rings is 1. The van der Waals surface area contributed by atoms with Gasteiger partial charge in [-0.15, -0.1) is 0 Å². The number of carbonyl (C=O) groups excluding carboxylic acids is 1. The first-order chi connectivity index (χ1) is 12.6. The van der Waals surface area contributed by atoms with E-state index < -0.39 is 0 Å². The molecule has 4 rings (SSSR count). The highest BCUT2D eigenvalue weighted by Gasteiger charge is 2.27. The van der Waals surface area contributed by atoms with Gasteiger partial charge in [-0.2, -0.15) is 0 Å². The molecule has 2 saturated heterocycles. The normalized spacial score (nSPS) is 20.5. The van der Waals surface area contributed by atoms with E-state index in [1.807, 2.05) is 6.07 Å². The first kappa shape index (κ1) is 17.6. The quantitative estimate of drug-likeness (QED) is 0.794. The molecule has 26 heavy (non-hydrogen) atoms. The van der Waals surface area contributed by atoms with Crippen molar-refractivity contribution < 1.29 is 4.79 Å². The van der Waals surface area contributed by atoms with Crippen molar-refractivity contribution in [2.24, 2.45) is 0 Å². The van der Waals surface area contributed by atoms with Gasteiger partial charge >= 0.3 is 0 Å². The number of piperidine rings is 2. The predicted octanol–water partition coefficient (Wildman–Crippen LogP) is 2.73. The number of aryl methyl sites for hydroxylation is 2. The summed E-state index contributed by atoms with van der Waals surface area (Å²) in [7, 11) is 0. The first-order valence-corrected chi connectivity index (χ1v) is 9.96. The maximum Gasteiger partial charge on any atom is 0.267 e. The zero-order valence-corrected chi connectivity index (χ0v) is 15.9. The fourth-order valence-electron chi connectivity index (χ4n) is 4.57. The van der Waals surface area contributed by atoms with Crippen LogP contribution in [0.3, 0.4) is 0 Å². The average Bonchev–Trinajstić information content (AvgIpc) is 3.08. The Morgan fingerprint density at radius 3 is 2.54 bits per heavy atom. The van der Waals surface area contributed by atoms with E-state index in [1.165, 1.54) is 24.0 Å². The van der Waals surface area contributed by atoms with Crippen LogP contribution >= 0.6 is 0 Å². The molecular formula is C21H30N4O. The SMILES string of the molecule is Cc1cc(C)c2cc(C(=O)NC3CCN(C4CCNCC4)CC3)[nH]c2c1. The van der Waals surface area contributed by atoms with Crippen molar-refractivity contribution in [3.05, 3.63) is 35.0 Å². The lowest BCUT2D eigenvalue weighted by molar-refractivity contribution is 0.0868. The van der Waals surface area contributed by atoms with Crippen LogP contribution in [0, 0.1) is 13.8 Å². The minimum atomic E-state index is 0.0265. The fourth-order valence-corrected chi connectivity index (χ4v) is 4.57. The molecule has 5 nitrogen and oxygen atoms in total. The van der Waals surface area contributed by atoms with Crippen molar-refractivity contribution in [2.45, 2.75) is 51.6 Å². The number of nitrogens with zero attached hydrogens (tertiary/aromatic N) is 1. The van der Waals surface area contributed by atoms with Gasteiger partial charge in [0.05, 0.1) is 0 Å². The number of likely N-dealkylation sites (tertiary alicyclic amines) is 1. The maximum atomic E-state index is 12.7. The Kier molecular flexibility index (Phi) is 5.00. The second kappa shape index (κ2) is 7.41. The smallest absolute Gasteiger partial charge is 0.267 e. The number of aromatic nitrogens is 1. The molecule has 0 saturated carbocycles. The van der Waals surface area contributed by atoms with E-state index >= 15 is 0 Å². The number of aromatic amines is 1. The Labute approximate surface area is 155 Å². The van der Waals surface area contributed by atoms with Crippen LogP contribution in [0.25, 0.3) is 10.9 Å². The van der Waals surface area contributed by atoms with Gasteiger partial charge in [-0.25, -0.2) is 0 Å². The largest absolute Gasteiger partial charge is 0.351 e. The van der Waals surface area contributed by atoms with Crippen molar-refractivity contribution >= 4 is 16.8 Å². The minimum Gasteiger partial charge on any atom is -0.351 e. The summed E-state index contributed by atoms with van der Waals surface area (Å²) in [5, 5.41) is 7.82. The van der Waals surface area contributed by atoms with Gasteiger partial charge in [-0.1, -0.05) is 6.07 Å². The molecule has 0 radical (unpaired) electrons. The summed E-state index contributed by atoms with van der Waals surface area (Å²) in [6.45, 7) is 8.66. The second-order valence-electron chi connectivity index (χ2n) is 7.99. The molecule has 0 spiro atoms. The van der Waals surface area contributed by atoms with Crippen molar-refractivity contribution in [1.82, 2.24) is 20.5 Å². The molecule has 0 bridgehead atoms. The Bertz CT molecular complexity index is 783. The molecule has 1 amide bonds. The number of nitrogens with one attached hydrogen (secondary N) is 3. The van der Waals surface area contributed by atoms with E-state index in [0.29, 0.717) is 5.69 Å². The Balaban J connectivity index is 1.36. The van der Waals surface area contributed by atoms with E-state index in [1.54, 1.807) is 0 Å². The van der Waals surface area contributed by atoms with E-state index in [0.717, 1.165) is 56.0 Å². The zero-order chi connectivity index (χ0) is 18.1. The van der Waals surface area contributed by atoms with Crippen molar-refractivity contribution in [2.75, 3.05) is 26.2 Å². The summed E-state index contributed by atoms with van der Waals surface area (Å²) in [4.78, 5) is 18.6. The van der Waals surface area contributed by atoms with Crippen LogP contribution in [-0.4, -0.2) is 54.1 Å². The molecule has 2 aliphatic heterocycles. The predicted molar refractivity (Wildman–Crippen MR) is 106 cm³/mol. The maximum absolute atomic E-state index is 12.7. The highest BCUT2D eigenvalue weighted by molar-refractivity contribution is 5.99. The molecule has 0 aliphatic carbocycles.